The lowest BCUT2D eigenvalue weighted by Crippen LogP contribution is -2.31. The smallest absolute Gasteiger partial charge is 0.168 e. The molecule has 1 aromatic heterocycles. The minimum Gasteiger partial charge on any atom is -0.323 e. The van der Waals surface area contributed by atoms with E-state index >= 15 is 0 Å². The Bertz CT molecular complexity index is 305. The summed E-state index contributed by atoms with van der Waals surface area (Å²) in [5.41, 5.74) is 0.693. The number of carbonyl (C=O) groups excluding carboxylic acids is 1. The lowest BCUT2D eigenvalue weighted by atomic mass is 10.3. The van der Waals surface area contributed by atoms with Crippen LogP contribution in [-0.2, 0) is 13.1 Å². The molecule has 0 saturated heterocycles. The number of nitrogens with zero attached hydrogens (tertiary/aromatic N) is 3. The molecule has 2 heterocycles. The lowest BCUT2D eigenvalue weighted by molar-refractivity contribution is 0.111. The summed E-state index contributed by atoms with van der Waals surface area (Å²) in [6.07, 6.45) is 2.50. The number of rotatable bonds is 1. The molecule has 0 spiro atoms. The van der Waals surface area contributed by atoms with E-state index in [0.717, 1.165) is 31.7 Å². The van der Waals surface area contributed by atoms with Crippen LogP contribution in [0.1, 0.15) is 16.3 Å². The molecule has 0 aromatic carbocycles. The Morgan fingerprint density at radius 1 is 1.58 bits per heavy atom. The van der Waals surface area contributed by atoms with E-state index in [1.807, 2.05) is 4.57 Å². The molecule has 0 saturated carbocycles. The van der Waals surface area contributed by atoms with Crippen molar-refractivity contribution in [3.05, 3.63) is 17.7 Å². The summed E-state index contributed by atoms with van der Waals surface area (Å²) >= 11 is 0. The molecule has 64 valence electrons. The normalized spacial score (nSPS) is 17.4. The highest BCUT2D eigenvalue weighted by molar-refractivity contribution is 5.71. The monoisotopic (exact) mass is 165 g/mol. The number of hydrogen-bond acceptors (Lipinski definition) is 3. The molecule has 0 unspecified atom stereocenters. The Hall–Kier alpha value is -1.16. The second-order valence-corrected chi connectivity index (χ2v) is 3.11. The van der Waals surface area contributed by atoms with E-state index in [1.54, 1.807) is 6.20 Å². The summed E-state index contributed by atoms with van der Waals surface area (Å²) in [6.45, 7) is 2.71. The molecular formula is C8H11N3O. The first kappa shape index (κ1) is 7.49. The van der Waals surface area contributed by atoms with Crippen LogP contribution in [0.25, 0.3) is 0 Å². The zero-order chi connectivity index (χ0) is 8.55. The van der Waals surface area contributed by atoms with Gasteiger partial charge in [-0.2, -0.15) is 0 Å². The predicted octanol–water partition coefficient (Wildman–Crippen LogP) is 0.141. The van der Waals surface area contributed by atoms with Crippen molar-refractivity contribution in [3.63, 3.8) is 0 Å². The van der Waals surface area contributed by atoms with Crippen molar-refractivity contribution in [1.29, 1.82) is 0 Å². The SMILES string of the molecule is CN1CCn2c(C=O)cnc2C1. The summed E-state index contributed by atoms with van der Waals surface area (Å²) < 4.78 is 1.98. The van der Waals surface area contributed by atoms with E-state index in [2.05, 4.69) is 16.9 Å². The molecule has 0 radical (unpaired) electrons. The van der Waals surface area contributed by atoms with E-state index in [1.165, 1.54) is 0 Å². The third-order valence-electron chi connectivity index (χ3n) is 2.21. The Morgan fingerprint density at radius 3 is 3.17 bits per heavy atom. The fourth-order valence-corrected chi connectivity index (χ4v) is 1.50. The number of imidazole rings is 1. The van der Waals surface area contributed by atoms with Crippen LogP contribution in [-0.4, -0.2) is 34.3 Å². The van der Waals surface area contributed by atoms with Gasteiger partial charge in [0, 0.05) is 13.1 Å². The largest absolute Gasteiger partial charge is 0.323 e. The van der Waals surface area contributed by atoms with Gasteiger partial charge in [-0.15, -0.1) is 0 Å². The fourth-order valence-electron chi connectivity index (χ4n) is 1.50. The summed E-state index contributed by atoms with van der Waals surface area (Å²) in [7, 11) is 2.05. The van der Waals surface area contributed by atoms with Gasteiger partial charge in [-0.1, -0.05) is 0 Å². The zero-order valence-electron chi connectivity index (χ0n) is 7.03. The summed E-state index contributed by atoms with van der Waals surface area (Å²) in [4.78, 5) is 16.9. The molecule has 0 fully saturated rings. The van der Waals surface area contributed by atoms with Crippen LogP contribution >= 0.6 is 0 Å². The van der Waals surface area contributed by atoms with E-state index < -0.39 is 0 Å². The molecule has 0 amide bonds. The number of aromatic nitrogens is 2. The summed E-state index contributed by atoms with van der Waals surface area (Å²) in [6, 6.07) is 0. The van der Waals surface area contributed by atoms with Crippen LogP contribution in [0.2, 0.25) is 0 Å². The van der Waals surface area contributed by atoms with Gasteiger partial charge in [0.25, 0.3) is 0 Å². The maximum atomic E-state index is 10.5. The average molecular weight is 165 g/mol. The topological polar surface area (TPSA) is 38.1 Å². The van der Waals surface area contributed by atoms with Gasteiger partial charge in [0.1, 0.15) is 11.5 Å². The van der Waals surface area contributed by atoms with Gasteiger partial charge in [0.05, 0.1) is 12.7 Å². The molecule has 0 bridgehead atoms. The molecule has 0 aliphatic carbocycles. The molecule has 1 aliphatic rings. The van der Waals surface area contributed by atoms with E-state index in [9.17, 15) is 4.79 Å². The Kier molecular flexibility index (Phi) is 1.69. The zero-order valence-corrected chi connectivity index (χ0v) is 7.03. The van der Waals surface area contributed by atoms with Crippen LogP contribution in [0.5, 0.6) is 0 Å². The second kappa shape index (κ2) is 2.71. The predicted molar refractivity (Wildman–Crippen MR) is 43.9 cm³/mol. The van der Waals surface area contributed by atoms with Crippen molar-refractivity contribution in [2.45, 2.75) is 13.1 Å². The van der Waals surface area contributed by atoms with Gasteiger partial charge >= 0.3 is 0 Å². The molecule has 1 aliphatic heterocycles. The minimum atomic E-state index is 0.693. The van der Waals surface area contributed by atoms with Crippen LogP contribution in [0.4, 0.5) is 0 Å². The maximum absolute atomic E-state index is 10.5. The Balaban J connectivity index is 2.38. The van der Waals surface area contributed by atoms with Gasteiger partial charge in [0.2, 0.25) is 0 Å². The molecule has 4 heteroatoms. The summed E-state index contributed by atoms with van der Waals surface area (Å²) in [5, 5.41) is 0. The van der Waals surface area contributed by atoms with E-state index in [-0.39, 0.29) is 0 Å². The first-order valence-corrected chi connectivity index (χ1v) is 3.99. The standard InChI is InChI=1S/C8H11N3O/c1-10-2-3-11-7(6-12)4-9-8(11)5-10/h4,6H,2-3,5H2,1H3. The maximum Gasteiger partial charge on any atom is 0.168 e. The van der Waals surface area contributed by atoms with Gasteiger partial charge in [-0.25, -0.2) is 4.98 Å². The summed E-state index contributed by atoms with van der Waals surface area (Å²) in [5.74, 6) is 0.992. The van der Waals surface area contributed by atoms with Crippen LogP contribution in [0.3, 0.4) is 0 Å². The van der Waals surface area contributed by atoms with Crippen LogP contribution < -0.4 is 0 Å². The Morgan fingerprint density at radius 2 is 2.42 bits per heavy atom. The van der Waals surface area contributed by atoms with Gasteiger partial charge in [-0.3, -0.25) is 9.69 Å². The molecular weight excluding hydrogens is 154 g/mol. The van der Waals surface area contributed by atoms with Gasteiger partial charge in [-0.05, 0) is 7.05 Å². The Labute approximate surface area is 70.8 Å². The highest BCUT2D eigenvalue weighted by Gasteiger charge is 2.16. The van der Waals surface area contributed by atoms with Gasteiger partial charge < -0.3 is 4.57 Å². The second-order valence-electron chi connectivity index (χ2n) is 3.11. The van der Waals surface area contributed by atoms with Crippen molar-refractivity contribution in [2.75, 3.05) is 13.6 Å². The van der Waals surface area contributed by atoms with Crippen molar-refractivity contribution >= 4 is 6.29 Å². The molecule has 0 N–H and O–H groups in total. The van der Waals surface area contributed by atoms with Crippen LogP contribution in [0.15, 0.2) is 6.20 Å². The molecule has 2 rings (SSSR count). The quantitative estimate of drug-likeness (QED) is 0.555. The number of carbonyl (C=O) groups is 1. The van der Waals surface area contributed by atoms with Gasteiger partial charge in [0.15, 0.2) is 6.29 Å². The average Bonchev–Trinajstić information content (AvgIpc) is 2.46. The van der Waals surface area contributed by atoms with Crippen molar-refractivity contribution < 1.29 is 4.79 Å². The highest BCUT2D eigenvalue weighted by atomic mass is 16.1. The fraction of sp³-hybridized carbons (Fsp3) is 0.500. The molecule has 4 nitrogen and oxygen atoms in total. The number of hydrogen-bond donors (Lipinski definition) is 0. The van der Waals surface area contributed by atoms with E-state index in [4.69, 9.17) is 0 Å². The van der Waals surface area contributed by atoms with Crippen molar-refractivity contribution in [3.8, 4) is 0 Å². The number of fused-ring (bicyclic) bond motifs is 1. The van der Waals surface area contributed by atoms with Crippen molar-refractivity contribution in [1.82, 2.24) is 14.5 Å². The third kappa shape index (κ3) is 1.04. The van der Waals surface area contributed by atoms with E-state index in [0.29, 0.717) is 5.69 Å². The molecule has 0 atom stereocenters. The van der Waals surface area contributed by atoms with Crippen molar-refractivity contribution in [2.24, 2.45) is 0 Å². The highest BCUT2D eigenvalue weighted by Crippen LogP contribution is 2.10. The lowest BCUT2D eigenvalue weighted by Gasteiger charge is -2.23. The first-order valence-electron chi connectivity index (χ1n) is 3.99. The first-order chi connectivity index (χ1) is 5.81. The minimum absolute atomic E-state index is 0.693. The molecule has 12 heavy (non-hydrogen) atoms. The number of aldehydes is 1. The molecule has 1 aromatic rings. The third-order valence-corrected chi connectivity index (χ3v) is 2.21. The number of likely N-dealkylation sites (N-methyl/N-ethyl adjacent to an activating group) is 1. The van der Waals surface area contributed by atoms with Crippen LogP contribution in [0, 0.1) is 0 Å².